The van der Waals surface area contributed by atoms with Crippen LogP contribution in [0, 0.1) is 5.92 Å². The fourth-order valence-electron chi connectivity index (χ4n) is 2.91. The maximum Gasteiger partial charge on any atom is 0.130 e. The van der Waals surface area contributed by atoms with Crippen molar-refractivity contribution in [3.05, 3.63) is 16.1 Å². The van der Waals surface area contributed by atoms with Crippen LogP contribution in [0.25, 0.3) is 0 Å². The molecule has 1 saturated carbocycles. The van der Waals surface area contributed by atoms with Crippen molar-refractivity contribution in [1.82, 2.24) is 0 Å². The third-order valence-electron chi connectivity index (χ3n) is 3.96. The first kappa shape index (κ1) is 13.4. The minimum Gasteiger partial charge on any atom is -0.379 e. The summed E-state index contributed by atoms with van der Waals surface area (Å²) in [7, 11) is 0. The number of nitrogens with zero attached hydrogens (tertiary/aromatic N) is 2. The van der Waals surface area contributed by atoms with Gasteiger partial charge in [0, 0.05) is 6.04 Å². The van der Waals surface area contributed by atoms with E-state index >= 15 is 0 Å². The van der Waals surface area contributed by atoms with Gasteiger partial charge < -0.3 is 5.32 Å². The zero-order valence-electron chi connectivity index (χ0n) is 10.6. The van der Waals surface area contributed by atoms with Crippen molar-refractivity contribution >= 4 is 51.6 Å². The van der Waals surface area contributed by atoms with E-state index in [4.69, 9.17) is 23.2 Å². The molecule has 1 aliphatic carbocycles. The van der Waals surface area contributed by atoms with Gasteiger partial charge >= 0.3 is 0 Å². The van der Waals surface area contributed by atoms with Crippen molar-refractivity contribution in [3.8, 4) is 0 Å². The Balaban J connectivity index is 1.94. The number of anilines is 1. The van der Waals surface area contributed by atoms with E-state index in [1.165, 1.54) is 37.0 Å². The van der Waals surface area contributed by atoms with Gasteiger partial charge in [-0.15, -0.1) is 0 Å². The molecule has 2 aliphatic rings. The summed E-state index contributed by atoms with van der Waals surface area (Å²) in [4.78, 5) is 0. The Labute approximate surface area is 126 Å². The second-order valence-electron chi connectivity index (χ2n) is 5.03. The summed E-state index contributed by atoms with van der Waals surface area (Å²) in [5.41, 5.74) is 2.43. The molecule has 1 N–H and O–H groups in total. The predicted octanol–water partition coefficient (Wildman–Crippen LogP) is 5.71. The number of fused-ring (bicyclic) bond motifs is 1. The highest BCUT2D eigenvalue weighted by Crippen LogP contribution is 2.48. The lowest BCUT2D eigenvalue weighted by atomic mass is 10.0. The van der Waals surface area contributed by atoms with E-state index < -0.39 is 0 Å². The molecule has 6 heteroatoms. The smallest absolute Gasteiger partial charge is 0.130 e. The zero-order chi connectivity index (χ0) is 13.4. The first-order chi connectivity index (χ1) is 9.20. The Morgan fingerprint density at radius 1 is 1.26 bits per heavy atom. The second-order valence-corrected chi connectivity index (χ2v) is 6.37. The second kappa shape index (κ2) is 5.43. The Kier molecular flexibility index (Phi) is 3.83. The van der Waals surface area contributed by atoms with E-state index in [-0.39, 0.29) is 0 Å². The van der Waals surface area contributed by atoms with E-state index in [1.54, 1.807) is 6.07 Å². The third-order valence-corrected chi connectivity index (χ3v) is 5.07. The van der Waals surface area contributed by atoms with Crippen molar-refractivity contribution in [1.29, 1.82) is 0 Å². The highest BCUT2D eigenvalue weighted by Gasteiger charge is 2.28. The van der Waals surface area contributed by atoms with Crippen LogP contribution in [0.1, 0.15) is 32.6 Å². The van der Waals surface area contributed by atoms with Crippen LogP contribution in [-0.2, 0) is 11.4 Å². The van der Waals surface area contributed by atoms with E-state index in [1.807, 2.05) is 0 Å². The normalized spacial score (nSPS) is 24.4. The SMILES string of the molecule is CCC1CCCC1Nc1c(Cl)cc(Cl)c2c1N=S=N2. The van der Waals surface area contributed by atoms with Crippen LogP contribution in [0.4, 0.5) is 17.1 Å². The monoisotopic (exact) mass is 315 g/mol. The summed E-state index contributed by atoms with van der Waals surface area (Å²) in [5.74, 6) is 0.716. The lowest BCUT2D eigenvalue weighted by molar-refractivity contribution is 0.489. The fraction of sp³-hybridized carbons (Fsp3) is 0.538. The van der Waals surface area contributed by atoms with E-state index in [9.17, 15) is 0 Å². The van der Waals surface area contributed by atoms with Gasteiger partial charge in [0.1, 0.15) is 11.4 Å². The number of nitrogens with one attached hydrogen (secondary N) is 1. The molecule has 102 valence electrons. The summed E-state index contributed by atoms with van der Waals surface area (Å²) in [5, 5.41) is 4.78. The molecule has 1 heterocycles. The molecular weight excluding hydrogens is 301 g/mol. The molecule has 2 unspecified atom stereocenters. The average Bonchev–Trinajstić information content (AvgIpc) is 3.03. The topological polar surface area (TPSA) is 36.8 Å². The number of rotatable bonds is 3. The van der Waals surface area contributed by atoms with Crippen molar-refractivity contribution < 1.29 is 0 Å². The van der Waals surface area contributed by atoms with Gasteiger partial charge in [0.2, 0.25) is 0 Å². The summed E-state index contributed by atoms with van der Waals surface area (Å²) in [6.07, 6.45) is 4.95. The lowest BCUT2D eigenvalue weighted by Gasteiger charge is -2.22. The summed E-state index contributed by atoms with van der Waals surface area (Å²) in [6.45, 7) is 2.24. The number of halogens is 2. The summed E-state index contributed by atoms with van der Waals surface area (Å²) < 4.78 is 8.57. The molecule has 19 heavy (non-hydrogen) atoms. The minimum atomic E-state index is 0.480. The molecule has 3 nitrogen and oxygen atoms in total. The Morgan fingerprint density at radius 2 is 2.05 bits per heavy atom. The highest BCUT2D eigenvalue weighted by atomic mass is 35.5. The van der Waals surface area contributed by atoms with Crippen molar-refractivity contribution in [3.63, 3.8) is 0 Å². The molecule has 1 aromatic rings. The Bertz CT molecular complexity index is 582. The van der Waals surface area contributed by atoms with Gasteiger partial charge in [0.15, 0.2) is 0 Å². The molecule has 1 fully saturated rings. The summed E-state index contributed by atoms with van der Waals surface area (Å²) in [6, 6.07) is 2.24. The average molecular weight is 316 g/mol. The van der Waals surface area contributed by atoms with Crippen molar-refractivity contribution in [2.45, 2.75) is 38.6 Å². The number of benzene rings is 1. The Hall–Kier alpha value is -0.580. The van der Waals surface area contributed by atoms with Gasteiger partial charge in [-0.05, 0) is 24.8 Å². The lowest BCUT2D eigenvalue weighted by Crippen LogP contribution is -2.23. The van der Waals surface area contributed by atoms with Crippen LogP contribution in [0.15, 0.2) is 14.8 Å². The summed E-state index contributed by atoms with van der Waals surface area (Å²) >= 11 is 13.6. The number of hydrogen-bond donors (Lipinski definition) is 1. The molecule has 0 saturated heterocycles. The first-order valence-corrected chi connectivity index (χ1v) is 8.06. The quantitative estimate of drug-likeness (QED) is 0.773. The Morgan fingerprint density at radius 3 is 2.84 bits per heavy atom. The molecule has 0 spiro atoms. The van der Waals surface area contributed by atoms with Crippen LogP contribution in [0.3, 0.4) is 0 Å². The van der Waals surface area contributed by atoms with Crippen LogP contribution in [-0.4, -0.2) is 6.04 Å². The predicted molar refractivity (Wildman–Crippen MR) is 83.0 cm³/mol. The standard InChI is InChI=1S/C13H15Cl2N3S/c1-2-7-4-3-5-10(7)16-11-8(14)6-9(15)12-13(11)18-19-17-12/h6-7,10,16H,2-5H2,1H3. The minimum absolute atomic E-state index is 0.480. The van der Waals surface area contributed by atoms with Gasteiger partial charge in [-0.25, -0.2) is 0 Å². The van der Waals surface area contributed by atoms with Gasteiger partial charge in [-0.3, -0.25) is 0 Å². The van der Waals surface area contributed by atoms with Crippen molar-refractivity contribution in [2.75, 3.05) is 5.32 Å². The molecule has 3 rings (SSSR count). The van der Waals surface area contributed by atoms with E-state index in [2.05, 4.69) is 21.0 Å². The third kappa shape index (κ3) is 2.41. The van der Waals surface area contributed by atoms with Crippen LogP contribution < -0.4 is 5.32 Å². The molecule has 0 aromatic heterocycles. The molecule has 2 atom stereocenters. The fourth-order valence-corrected chi connectivity index (χ4v) is 4.08. The molecule has 0 bridgehead atoms. The van der Waals surface area contributed by atoms with Crippen LogP contribution >= 0.6 is 23.2 Å². The van der Waals surface area contributed by atoms with Crippen molar-refractivity contribution in [2.24, 2.45) is 14.6 Å². The number of hydrogen-bond acceptors (Lipinski definition) is 3. The molecular formula is C13H15Cl2N3S. The maximum atomic E-state index is 6.32. The van der Waals surface area contributed by atoms with Crippen LogP contribution in [0.2, 0.25) is 10.0 Å². The van der Waals surface area contributed by atoms with Gasteiger partial charge in [-0.2, -0.15) is 8.73 Å². The molecule has 1 aromatic carbocycles. The van der Waals surface area contributed by atoms with E-state index in [0.717, 1.165) is 17.1 Å². The molecule has 1 aliphatic heterocycles. The maximum absolute atomic E-state index is 6.32. The van der Waals surface area contributed by atoms with Gasteiger partial charge in [-0.1, -0.05) is 43.0 Å². The zero-order valence-corrected chi connectivity index (χ0v) is 12.9. The van der Waals surface area contributed by atoms with Gasteiger partial charge in [0.25, 0.3) is 0 Å². The van der Waals surface area contributed by atoms with E-state index in [0.29, 0.717) is 22.0 Å². The van der Waals surface area contributed by atoms with Crippen LogP contribution in [0.5, 0.6) is 0 Å². The van der Waals surface area contributed by atoms with Gasteiger partial charge in [0.05, 0.1) is 27.1 Å². The molecule has 0 radical (unpaired) electrons. The highest BCUT2D eigenvalue weighted by molar-refractivity contribution is 7.58. The molecule has 0 amide bonds. The largest absolute Gasteiger partial charge is 0.379 e. The first-order valence-electron chi connectivity index (χ1n) is 6.57.